The van der Waals surface area contributed by atoms with Gasteiger partial charge in [-0.1, -0.05) is 0 Å². The van der Waals surface area contributed by atoms with Crippen LogP contribution < -0.4 is 0 Å². The van der Waals surface area contributed by atoms with Crippen LogP contribution in [0.1, 0.15) is 26.7 Å². The van der Waals surface area contributed by atoms with Crippen LogP contribution in [-0.2, 0) is 9.47 Å². The maximum atomic E-state index is 5.47. The first-order valence-corrected chi connectivity index (χ1v) is 4.02. The van der Waals surface area contributed by atoms with Gasteiger partial charge in [0.2, 0.25) is 0 Å². The molecule has 0 aromatic rings. The smallest absolute Gasteiger partial charge is 0.0571 e. The summed E-state index contributed by atoms with van der Waals surface area (Å²) in [7, 11) is 0. The first-order valence-electron chi connectivity index (χ1n) is 4.02. The van der Waals surface area contributed by atoms with Gasteiger partial charge in [-0.25, -0.2) is 0 Å². The highest BCUT2D eigenvalue weighted by Gasteiger charge is 2.11. The summed E-state index contributed by atoms with van der Waals surface area (Å²) in [6.07, 6.45) is 2.81. The Bertz CT molecular complexity index is 83.3. The first kappa shape index (κ1) is 8.02. The average Bonchev–Trinajstić information content (AvgIpc) is 1.83. The summed E-state index contributed by atoms with van der Waals surface area (Å²) in [6.45, 7) is 5.91. The molecule has 1 saturated heterocycles. The standard InChI is InChI=1S/C8H16O2/c1-7-6-8(2)10-5-3-4-9-7/h7-8H,3-6H2,1-2H3. The van der Waals surface area contributed by atoms with Crippen LogP contribution in [0.5, 0.6) is 0 Å². The summed E-state index contributed by atoms with van der Waals surface area (Å²) in [5, 5.41) is 0. The monoisotopic (exact) mass is 144 g/mol. The largest absolute Gasteiger partial charge is 0.378 e. The van der Waals surface area contributed by atoms with E-state index < -0.39 is 0 Å². The Balaban J connectivity index is 2.25. The Labute approximate surface area is 62.5 Å². The van der Waals surface area contributed by atoms with Crippen molar-refractivity contribution in [1.29, 1.82) is 0 Å². The van der Waals surface area contributed by atoms with Crippen molar-refractivity contribution >= 4 is 0 Å². The third-order valence-corrected chi connectivity index (χ3v) is 1.76. The lowest BCUT2D eigenvalue weighted by molar-refractivity contribution is -0.0397. The molecule has 2 heteroatoms. The van der Waals surface area contributed by atoms with Crippen LogP contribution in [-0.4, -0.2) is 25.4 Å². The molecule has 1 fully saturated rings. The summed E-state index contributed by atoms with van der Waals surface area (Å²) in [5.74, 6) is 0. The first-order chi connectivity index (χ1) is 4.79. The molecule has 1 rings (SSSR count). The second kappa shape index (κ2) is 3.94. The van der Waals surface area contributed by atoms with E-state index in [4.69, 9.17) is 9.47 Å². The summed E-state index contributed by atoms with van der Waals surface area (Å²) in [5.41, 5.74) is 0. The fourth-order valence-corrected chi connectivity index (χ4v) is 1.23. The second-order valence-corrected chi connectivity index (χ2v) is 2.95. The molecule has 2 unspecified atom stereocenters. The third-order valence-electron chi connectivity index (χ3n) is 1.76. The maximum absolute atomic E-state index is 5.47. The highest BCUT2D eigenvalue weighted by Crippen LogP contribution is 2.09. The van der Waals surface area contributed by atoms with Gasteiger partial charge in [-0.2, -0.15) is 0 Å². The van der Waals surface area contributed by atoms with Gasteiger partial charge < -0.3 is 9.47 Å². The van der Waals surface area contributed by atoms with Crippen molar-refractivity contribution in [2.24, 2.45) is 0 Å². The van der Waals surface area contributed by atoms with E-state index in [9.17, 15) is 0 Å². The topological polar surface area (TPSA) is 18.5 Å². The van der Waals surface area contributed by atoms with Crippen LogP contribution in [0.15, 0.2) is 0 Å². The van der Waals surface area contributed by atoms with Crippen molar-refractivity contribution in [1.82, 2.24) is 0 Å². The Kier molecular flexibility index (Phi) is 3.16. The van der Waals surface area contributed by atoms with E-state index in [1.54, 1.807) is 0 Å². The predicted molar refractivity (Wildman–Crippen MR) is 40.1 cm³/mol. The van der Waals surface area contributed by atoms with Crippen molar-refractivity contribution in [3.8, 4) is 0 Å². The average molecular weight is 144 g/mol. The fourth-order valence-electron chi connectivity index (χ4n) is 1.23. The summed E-state index contributed by atoms with van der Waals surface area (Å²) >= 11 is 0. The van der Waals surface area contributed by atoms with Crippen LogP contribution in [0, 0.1) is 0 Å². The van der Waals surface area contributed by atoms with Gasteiger partial charge in [0.15, 0.2) is 0 Å². The van der Waals surface area contributed by atoms with Crippen LogP contribution in [0.25, 0.3) is 0 Å². The molecule has 0 amide bonds. The Morgan fingerprint density at radius 3 is 2.00 bits per heavy atom. The Morgan fingerprint density at radius 2 is 1.50 bits per heavy atom. The quantitative estimate of drug-likeness (QED) is 0.514. The molecule has 60 valence electrons. The zero-order chi connectivity index (χ0) is 7.40. The zero-order valence-electron chi connectivity index (χ0n) is 6.80. The maximum Gasteiger partial charge on any atom is 0.0571 e. The molecule has 1 aliphatic rings. The molecule has 2 nitrogen and oxygen atoms in total. The summed E-state index contributed by atoms with van der Waals surface area (Å²) in [4.78, 5) is 0. The fraction of sp³-hybridized carbons (Fsp3) is 1.00. The molecule has 0 aromatic heterocycles. The van der Waals surface area contributed by atoms with E-state index in [2.05, 4.69) is 13.8 Å². The highest BCUT2D eigenvalue weighted by atomic mass is 16.5. The number of rotatable bonds is 0. The minimum Gasteiger partial charge on any atom is -0.378 e. The summed E-state index contributed by atoms with van der Waals surface area (Å²) in [6, 6.07) is 0. The van der Waals surface area contributed by atoms with Crippen molar-refractivity contribution in [3.05, 3.63) is 0 Å². The molecule has 1 aliphatic heterocycles. The number of hydrogen-bond donors (Lipinski definition) is 0. The van der Waals surface area contributed by atoms with E-state index in [-0.39, 0.29) is 0 Å². The van der Waals surface area contributed by atoms with Crippen LogP contribution in [0.3, 0.4) is 0 Å². The lowest BCUT2D eigenvalue weighted by atomic mass is 10.2. The zero-order valence-corrected chi connectivity index (χ0v) is 6.80. The van der Waals surface area contributed by atoms with Crippen LogP contribution in [0.4, 0.5) is 0 Å². The summed E-state index contributed by atoms with van der Waals surface area (Å²) < 4.78 is 10.9. The molecular formula is C8H16O2. The molecule has 10 heavy (non-hydrogen) atoms. The van der Waals surface area contributed by atoms with Gasteiger partial charge >= 0.3 is 0 Å². The molecule has 0 aromatic carbocycles. The van der Waals surface area contributed by atoms with E-state index in [0.29, 0.717) is 12.2 Å². The minimum absolute atomic E-state index is 0.371. The van der Waals surface area contributed by atoms with Gasteiger partial charge in [-0.3, -0.25) is 0 Å². The van der Waals surface area contributed by atoms with Gasteiger partial charge in [0.1, 0.15) is 0 Å². The number of hydrogen-bond acceptors (Lipinski definition) is 2. The van der Waals surface area contributed by atoms with Crippen molar-refractivity contribution < 1.29 is 9.47 Å². The van der Waals surface area contributed by atoms with E-state index in [0.717, 1.165) is 26.1 Å². The lowest BCUT2D eigenvalue weighted by Crippen LogP contribution is -2.23. The SMILES string of the molecule is CC1CC(C)OCCCO1. The van der Waals surface area contributed by atoms with Crippen molar-refractivity contribution in [2.45, 2.75) is 38.9 Å². The molecule has 0 aliphatic carbocycles. The van der Waals surface area contributed by atoms with Crippen molar-refractivity contribution in [3.63, 3.8) is 0 Å². The normalized spacial score (nSPS) is 36.6. The minimum atomic E-state index is 0.371. The molecule has 0 bridgehead atoms. The van der Waals surface area contributed by atoms with Gasteiger partial charge in [-0.05, 0) is 26.7 Å². The molecule has 2 atom stereocenters. The van der Waals surface area contributed by atoms with Crippen LogP contribution in [0.2, 0.25) is 0 Å². The molecule has 0 saturated carbocycles. The van der Waals surface area contributed by atoms with Gasteiger partial charge in [0.05, 0.1) is 12.2 Å². The molecule has 1 heterocycles. The molecule has 0 spiro atoms. The third kappa shape index (κ3) is 2.67. The highest BCUT2D eigenvalue weighted by molar-refractivity contribution is 4.60. The Hall–Kier alpha value is -0.0800. The molecular weight excluding hydrogens is 128 g/mol. The molecule has 0 radical (unpaired) electrons. The lowest BCUT2D eigenvalue weighted by Gasteiger charge is -2.21. The predicted octanol–water partition coefficient (Wildman–Crippen LogP) is 1.59. The van der Waals surface area contributed by atoms with Crippen LogP contribution >= 0.6 is 0 Å². The number of ether oxygens (including phenoxy) is 2. The second-order valence-electron chi connectivity index (χ2n) is 2.95. The van der Waals surface area contributed by atoms with E-state index in [1.807, 2.05) is 0 Å². The van der Waals surface area contributed by atoms with Gasteiger partial charge in [0.25, 0.3) is 0 Å². The Morgan fingerprint density at radius 1 is 1.00 bits per heavy atom. The van der Waals surface area contributed by atoms with E-state index in [1.165, 1.54) is 0 Å². The van der Waals surface area contributed by atoms with E-state index >= 15 is 0 Å². The van der Waals surface area contributed by atoms with Crippen molar-refractivity contribution in [2.75, 3.05) is 13.2 Å². The van der Waals surface area contributed by atoms with Gasteiger partial charge in [0, 0.05) is 13.2 Å². The molecule has 0 N–H and O–H groups in total. The van der Waals surface area contributed by atoms with Gasteiger partial charge in [-0.15, -0.1) is 0 Å².